The first-order chi connectivity index (χ1) is 9.01. The molecule has 0 aromatic heterocycles. The van der Waals surface area contributed by atoms with E-state index in [0.29, 0.717) is 5.02 Å². The van der Waals surface area contributed by atoms with E-state index in [1.54, 1.807) is 0 Å². The molecule has 0 heterocycles. The maximum atomic E-state index is 11.8. The highest BCUT2D eigenvalue weighted by molar-refractivity contribution is 7.70. The van der Waals surface area contributed by atoms with Gasteiger partial charge < -0.3 is 19.6 Å². The Labute approximate surface area is 119 Å². The van der Waals surface area contributed by atoms with Crippen LogP contribution in [0.4, 0.5) is 0 Å². The predicted molar refractivity (Wildman–Crippen MR) is 72.9 cm³/mol. The fourth-order valence-corrected chi connectivity index (χ4v) is 4.20. The van der Waals surface area contributed by atoms with Gasteiger partial charge in [0, 0.05) is 17.0 Å². The van der Waals surface area contributed by atoms with Crippen molar-refractivity contribution >= 4 is 32.6 Å². The van der Waals surface area contributed by atoms with Gasteiger partial charge >= 0.3 is 15.2 Å². The normalized spacial score (nSPS) is 12.7. The molecule has 20 heavy (non-hydrogen) atoms. The van der Waals surface area contributed by atoms with Gasteiger partial charge in [0.15, 0.2) is 11.2 Å². The lowest BCUT2D eigenvalue weighted by Gasteiger charge is -2.18. The molecule has 0 unspecified atom stereocenters. The molecule has 0 bridgehead atoms. The minimum absolute atomic E-state index is 0.254. The van der Waals surface area contributed by atoms with E-state index in [1.165, 1.54) is 24.3 Å². The minimum atomic E-state index is -4.99. The van der Waals surface area contributed by atoms with Crippen molar-refractivity contribution in [2.24, 2.45) is 0 Å². The summed E-state index contributed by atoms with van der Waals surface area (Å²) >= 11 is 5.65. The molecule has 112 valence electrons. The monoisotopic (exact) mass is 342 g/mol. The van der Waals surface area contributed by atoms with Crippen molar-refractivity contribution in [2.75, 3.05) is 0 Å². The SMILES string of the molecule is O=C(CCC(P(=O)(O)O)P(=O)(O)O)c1ccc(Cl)cc1. The van der Waals surface area contributed by atoms with Gasteiger partial charge in [-0.2, -0.15) is 0 Å². The van der Waals surface area contributed by atoms with Gasteiger partial charge in [0.1, 0.15) is 0 Å². The van der Waals surface area contributed by atoms with Gasteiger partial charge in [0.05, 0.1) is 0 Å². The summed E-state index contributed by atoms with van der Waals surface area (Å²) in [6.07, 6.45) is -0.988. The lowest BCUT2D eigenvalue weighted by Crippen LogP contribution is -2.12. The molecule has 4 N–H and O–H groups in total. The summed E-state index contributed by atoms with van der Waals surface area (Å²) in [7, 11) is -9.98. The van der Waals surface area contributed by atoms with Crippen molar-refractivity contribution in [3.8, 4) is 0 Å². The Kier molecular flexibility index (Phi) is 5.70. The van der Waals surface area contributed by atoms with Gasteiger partial charge in [-0.1, -0.05) is 11.6 Å². The van der Waals surface area contributed by atoms with Crippen molar-refractivity contribution in [1.82, 2.24) is 0 Å². The lowest BCUT2D eigenvalue weighted by molar-refractivity contribution is 0.0981. The van der Waals surface area contributed by atoms with Crippen LogP contribution in [0.1, 0.15) is 23.2 Å². The molecule has 1 rings (SSSR count). The van der Waals surface area contributed by atoms with E-state index in [4.69, 9.17) is 31.2 Å². The molecule has 0 fully saturated rings. The summed E-state index contributed by atoms with van der Waals surface area (Å²) in [5, 5.41) is -1.74. The Hall–Kier alpha value is -0.520. The van der Waals surface area contributed by atoms with Crippen molar-refractivity contribution in [3.05, 3.63) is 34.9 Å². The van der Waals surface area contributed by atoms with Crippen molar-refractivity contribution in [3.63, 3.8) is 0 Å². The Morgan fingerprint density at radius 3 is 1.90 bits per heavy atom. The Morgan fingerprint density at radius 1 is 1.05 bits per heavy atom. The number of carbonyl (C=O) groups excluding carboxylic acids is 1. The van der Waals surface area contributed by atoms with Gasteiger partial charge in [-0.05, 0) is 30.7 Å². The van der Waals surface area contributed by atoms with Gasteiger partial charge in [0.2, 0.25) is 0 Å². The van der Waals surface area contributed by atoms with E-state index in [-0.39, 0.29) is 12.0 Å². The van der Waals surface area contributed by atoms with E-state index in [0.717, 1.165) is 0 Å². The summed E-state index contributed by atoms with van der Waals surface area (Å²) in [4.78, 5) is 47.5. The van der Waals surface area contributed by atoms with Crippen LogP contribution in [0.15, 0.2) is 24.3 Å². The molecule has 0 spiro atoms. The van der Waals surface area contributed by atoms with Crippen molar-refractivity contribution in [2.45, 2.75) is 18.2 Å². The van der Waals surface area contributed by atoms with Crippen LogP contribution in [-0.4, -0.2) is 30.8 Å². The second kappa shape index (κ2) is 6.50. The molecule has 0 aliphatic carbocycles. The van der Waals surface area contributed by atoms with Crippen LogP contribution in [0.25, 0.3) is 0 Å². The zero-order chi connectivity index (χ0) is 15.6. The van der Waals surface area contributed by atoms with Crippen molar-refractivity contribution in [1.29, 1.82) is 0 Å². The first kappa shape index (κ1) is 17.5. The fourth-order valence-electron chi connectivity index (χ4n) is 1.57. The number of ketones is 1. The van der Waals surface area contributed by atoms with E-state index in [2.05, 4.69) is 0 Å². The Bertz CT molecular complexity index is 552. The number of Topliss-reactive ketones (excluding diaryl/α,β-unsaturated/α-hetero) is 1. The van der Waals surface area contributed by atoms with Gasteiger partial charge in [0.25, 0.3) is 0 Å². The highest BCUT2D eigenvalue weighted by atomic mass is 35.5. The van der Waals surface area contributed by atoms with Crippen LogP contribution in [0.3, 0.4) is 0 Å². The first-order valence-electron chi connectivity index (χ1n) is 5.41. The zero-order valence-corrected chi connectivity index (χ0v) is 12.6. The molecule has 1 aromatic rings. The molecule has 10 heteroatoms. The van der Waals surface area contributed by atoms with Gasteiger partial charge in [-0.15, -0.1) is 0 Å². The smallest absolute Gasteiger partial charge is 0.324 e. The number of halogens is 1. The average Bonchev–Trinajstić information content (AvgIpc) is 2.26. The van der Waals surface area contributed by atoms with Crippen LogP contribution in [0.2, 0.25) is 5.02 Å². The molecular weight excluding hydrogens is 330 g/mol. The molecule has 0 aliphatic rings. The van der Waals surface area contributed by atoms with E-state index >= 15 is 0 Å². The van der Waals surface area contributed by atoms with Gasteiger partial charge in [-0.3, -0.25) is 13.9 Å². The number of rotatable bonds is 6. The summed E-state index contributed by atoms with van der Waals surface area (Å²) in [6.45, 7) is 0. The summed E-state index contributed by atoms with van der Waals surface area (Å²) in [5.41, 5.74) is 0.254. The second-order valence-corrected chi connectivity index (χ2v) is 8.57. The largest absolute Gasteiger partial charge is 0.340 e. The molecule has 0 saturated carbocycles. The van der Waals surface area contributed by atoms with Crippen molar-refractivity contribution < 1.29 is 33.5 Å². The maximum absolute atomic E-state index is 11.8. The van der Waals surface area contributed by atoms with E-state index < -0.39 is 32.8 Å². The van der Waals surface area contributed by atoms with Crippen LogP contribution < -0.4 is 0 Å². The number of benzene rings is 1. The van der Waals surface area contributed by atoms with E-state index in [9.17, 15) is 13.9 Å². The zero-order valence-electron chi connectivity index (χ0n) is 10.1. The standard InChI is InChI=1S/C10H13ClO7P2/c11-8-3-1-7(2-4-8)9(12)5-6-10(19(13,14)15)20(16,17)18/h1-4,10H,5-6H2,(H2,13,14,15)(H2,16,17,18). The lowest BCUT2D eigenvalue weighted by atomic mass is 10.1. The highest BCUT2D eigenvalue weighted by Crippen LogP contribution is 2.61. The summed E-state index contributed by atoms with van der Waals surface area (Å²) < 4.78 is 22.1. The van der Waals surface area contributed by atoms with Crippen LogP contribution in [0, 0.1) is 0 Å². The molecule has 0 radical (unpaired) electrons. The predicted octanol–water partition coefficient (Wildman–Crippen LogP) is 1.98. The fraction of sp³-hybridized carbons (Fsp3) is 0.300. The molecule has 7 nitrogen and oxygen atoms in total. The second-order valence-electron chi connectivity index (χ2n) is 4.13. The topological polar surface area (TPSA) is 132 Å². The third-order valence-electron chi connectivity index (χ3n) is 2.57. The number of hydrogen-bond donors (Lipinski definition) is 4. The van der Waals surface area contributed by atoms with Crippen LogP contribution in [-0.2, 0) is 9.13 Å². The first-order valence-corrected chi connectivity index (χ1v) is 9.15. The number of carbonyl (C=O) groups is 1. The quantitative estimate of drug-likeness (QED) is 0.459. The van der Waals surface area contributed by atoms with Crippen LogP contribution >= 0.6 is 26.8 Å². The Balaban J connectivity index is 2.79. The molecular formula is C10H13ClO7P2. The molecule has 0 saturated heterocycles. The van der Waals surface area contributed by atoms with E-state index in [1.807, 2.05) is 0 Å². The molecule has 1 aromatic carbocycles. The maximum Gasteiger partial charge on any atom is 0.340 e. The minimum Gasteiger partial charge on any atom is -0.324 e. The summed E-state index contributed by atoms with van der Waals surface area (Å²) in [5.74, 6) is -0.478. The highest BCUT2D eigenvalue weighted by Gasteiger charge is 2.43. The third-order valence-corrected chi connectivity index (χ3v) is 6.70. The third kappa shape index (κ3) is 5.11. The molecule has 0 atom stereocenters. The molecule has 0 amide bonds. The Morgan fingerprint density at radius 2 is 1.50 bits per heavy atom. The number of hydrogen-bond acceptors (Lipinski definition) is 3. The summed E-state index contributed by atoms with van der Waals surface area (Å²) in [6, 6.07) is 5.79. The molecule has 0 aliphatic heterocycles. The van der Waals surface area contributed by atoms with Crippen LogP contribution in [0.5, 0.6) is 0 Å². The average molecular weight is 343 g/mol. The van der Waals surface area contributed by atoms with Gasteiger partial charge in [-0.25, -0.2) is 0 Å².